The Labute approximate surface area is 169 Å². The molecule has 7 nitrogen and oxygen atoms in total. The van der Waals surface area contributed by atoms with Gasteiger partial charge in [-0.1, -0.05) is 22.0 Å². The summed E-state index contributed by atoms with van der Waals surface area (Å²) in [6.07, 6.45) is 3.98. The molecule has 0 saturated carbocycles. The van der Waals surface area contributed by atoms with Crippen LogP contribution in [0.3, 0.4) is 0 Å². The number of halogens is 1. The van der Waals surface area contributed by atoms with Crippen molar-refractivity contribution in [2.24, 2.45) is 7.05 Å². The largest absolute Gasteiger partial charge is 0.343 e. The molecule has 0 radical (unpaired) electrons. The lowest BCUT2D eigenvalue weighted by Gasteiger charge is -2.14. The fourth-order valence-electron chi connectivity index (χ4n) is 3.38. The molecule has 0 spiro atoms. The first-order valence-corrected chi connectivity index (χ1v) is 10.00. The third-order valence-electron chi connectivity index (χ3n) is 4.83. The summed E-state index contributed by atoms with van der Waals surface area (Å²) in [5.41, 5.74) is 3.63. The zero-order valence-electron chi connectivity index (χ0n) is 14.8. The van der Waals surface area contributed by atoms with E-state index >= 15 is 0 Å². The molecule has 4 rings (SSSR count). The Morgan fingerprint density at radius 1 is 1.37 bits per heavy atom. The molecule has 2 N–H and O–H groups in total. The molecule has 27 heavy (non-hydrogen) atoms. The molecule has 2 heterocycles. The van der Waals surface area contributed by atoms with Crippen LogP contribution in [-0.2, 0) is 26.4 Å². The number of H-pyrrole nitrogens is 1. The Morgan fingerprint density at radius 2 is 2.19 bits per heavy atom. The molecule has 0 aliphatic heterocycles. The molecule has 1 aliphatic carbocycles. The standard InChI is InChI=1S/C18H19BrN6OS/c1-24-15(21-22-18(24)27)10-20-17(26)16-13-7-2-3-8-14(13)25(23-16)12-6-4-5-11(19)9-12/h4-6,9H,2-3,7-8,10H2,1H3,(H,20,26)(H,22,27). The first-order valence-electron chi connectivity index (χ1n) is 8.80. The summed E-state index contributed by atoms with van der Waals surface area (Å²) >= 11 is 8.62. The van der Waals surface area contributed by atoms with Gasteiger partial charge in [-0.2, -0.15) is 10.2 Å². The summed E-state index contributed by atoms with van der Waals surface area (Å²) in [5, 5.41) is 14.4. The minimum Gasteiger partial charge on any atom is -0.343 e. The summed E-state index contributed by atoms with van der Waals surface area (Å²) in [5.74, 6) is 0.490. The number of carbonyl (C=O) groups excluding carboxylic acids is 1. The van der Waals surface area contributed by atoms with Gasteiger partial charge in [0.15, 0.2) is 16.3 Å². The third kappa shape index (κ3) is 3.49. The smallest absolute Gasteiger partial charge is 0.272 e. The van der Waals surface area contributed by atoms with Gasteiger partial charge in [-0.05, 0) is 56.1 Å². The van der Waals surface area contributed by atoms with Crippen LogP contribution in [0.2, 0.25) is 0 Å². The van der Waals surface area contributed by atoms with Crippen molar-refractivity contribution in [3.63, 3.8) is 0 Å². The number of fused-ring (bicyclic) bond motifs is 1. The SMILES string of the molecule is Cn1c(CNC(=O)c2nn(-c3cccc(Br)c3)c3c2CCCC3)n[nH]c1=S. The molecule has 1 amide bonds. The maximum Gasteiger partial charge on any atom is 0.272 e. The number of benzene rings is 1. The van der Waals surface area contributed by atoms with E-state index in [2.05, 4.69) is 36.5 Å². The quantitative estimate of drug-likeness (QED) is 0.602. The number of aromatic amines is 1. The van der Waals surface area contributed by atoms with E-state index in [0.29, 0.717) is 22.8 Å². The van der Waals surface area contributed by atoms with Crippen molar-refractivity contribution in [1.29, 1.82) is 0 Å². The highest BCUT2D eigenvalue weighted by atomic mass is 79.9. The van der Waals surface area contributed by atoms with Crippen LogP contribution >= 0.6 is 28.1 Å². The molecule has 140 valence electrons. The van der Waals surface area contributed by atoms with Gasteiger partial charge in [0.2, 0.25) is 0 Å². The number of aromatic nitrogens is 5. The van der Waals surface area contributed by atoms with Crippen molar-refractivity contribution < 1.29 is 4.79 Å². The lowest BCUT2D eigenvalue weighted by molar-refractivity contribution is 0.0943. The summed E-state index contributed by atoms with van der Waals surface area (Å²) in [6, 6.07) is 7.96. The van der Waals surface area contributed by atoms with Crippen molar-refractivity contribution in [1.82, 2.24) is 29.9 Å². The van der Waals surface area contributed by atoms with Crippen LogP contribution in [-0.4, -0.2) is 30.5 Å². The Bertz CT molecular complexity index is 1070. The maximum absolute atomic E-state index is 12.9. The number of hydrogen-bond donors (Lipinski definition) is 2. The molecular weight excluding hydrogens is 428 g/mol. The topological polar surface area (TPSA) is 80.5 Å². The van der Waals surface area contributed by atoms with Crippen LogP contribution in [0.15, 0.2) is 28.7 Å². The van der Waals surface area contributed by atoms with Gasteiger partial charge < -0.3 is 9.88 Å². The van der Waals surface area contributed by atoms with Gasteiger partial charge in [-0.3, -0.25) is 9.89 Å². The zero-order valence-corrected chi connectivity index (χ0v) is 17.2. The fraction of sp³-hybridized carbons (Fsp3) is 0.333. The van der Waals surface area contributed by atoms with Gasteiger partial charge in [0.05, 0.1) is 12.2 Å². The minimum atomic E-state index is -0.184. The second-order valence-electron chi connectivity index (χ2n) is 6.56. The van der Waals surface area contributed by atoms with Crippen molar-refractivity contribution in [2.45, 2.75) is 32.2 Å². The minimum absolute atomic E-state index is 0.184. The Balaban J connectivity index is 1.65. The van der Waals surface area contributed by atoms with E-state index in [9.17, 15) is 4.79 Å². The number of carbonyl (C=O) groups is 1. The first-order chi connectivity index (χ1) is 13.0. The predicted octanol–water partition coefficient (Wildman–Crippen LogP) is 3.23. The van der Waals surface area contributed by atoms with E-state index in [1.807, 2.05) is 36.0 Å². The van der Waals surface area contributed by atoms with Crippen LogP contribution in [0.1, 0.15) is 40.4 Å². The predicted molar refractivity (Wildman–Crippen MR) is 107 cm³/mol. The number of rotatable bonds is 4. The lowest BCUT2D eigenvalue weighted by Crippen LogP contribution is -2.26. The van der Waals surface area contributed by atoms with Crippen LogP contribution in [0.5, 0.6) is 0 Å². The Morgan fingerprint density at radius 3 is 2.93 bits per heavy atom. The van der Waals surface area contributed by atoms with Gasteiger partial charge in [0.1, 0.15) is 0 Å². The van der Waals surface area contributed by atoms with Gasteiger partial charge in [0.25, 0.3) is 5.91 Å². The van der Waals surface area contributed by atoms with Crippen LogP contribution in [0, 0.1) is 4.77 Å². The number of amides is 1. The Hall–Kier alpha value is -2.26. The second kappa shape index (κ2) is 7.40. The molecule has 1 aliphatic rings. The van der Waals surface area contributed by atoms with E-state index in [1.54, 1.807) is 4.57 Å². The van der Waals surface area contributed by atoms with Gasteiger partial charge in [-0.25, -0.2) is 4.68 Å². The van der Waals surface area contributed by atoms with Crippen molar-refractivity contribution in [3.05, 3.63) is 56.3 Å². The zero-order chi connectivity index (χ0) is 19.0. The van der Waals surface area contributed by atoms with Crippen molar-refractivity contribution in [2.75, 3.05) is 0 Å². The summed E-state index contributed by atoms with van der Waals surface area (Å²) in [7, 11) is 1.82. The van der Waals surface area contributed by atoms with E-state index in [0.717, 1.165) is 47.1 Å². The monoisotopic (exact) mass is 446 g/mol. The maximum atomic E-state index is 12.9. The highest BCUT2D eigenvalue weighted by Crippen LogP contribution is 2.28. The molecule has 2 aromatic heterocycles. The summed E-state index contributed by atoms with van der Waals surface area (Å²) in [6.45, 7) is 0.293. The Kier molecular flexibility index (Phi) is 4.96. The number of hydrogen-bond acceptors (Lipinski definition) is 4. The third-order valence-corrected chi connectivity index (χ3v) is 5.69. The van der Waals surface area contributed by atoms with Gasteiger partial charge >= 0.3 is 0 Å². The molecule has 1 aromatic carbocycles. The molecule has 0 saturated heterocycles. The van der Waals surface area contributed by atoms with Crippen molar-refractivity contribution in [3.8, 4) is 5.69 Å². The molecule has 3 aromatic rings. The van der Waals surface area contributed by atoms with Crippen LogP contribution < -0.4 is 5.32 Å². The molecule has 9 heteroatoms. The van der Waals surface area contributed by atoms with E-state index < -0.39 is 0 Å². The average Bonchev–Trinajstić information content (AvgIpc) is 3.21. The highest BCUT2D eigenvalue weighted by Gasteiger charge is 2.25. The molecule has 0 atom stereocenters. The molecule has 0 fully saturated rings. The molecule has 0 unspecified atom stereocenters. The second-order valence-corrected chi connectivity index (χ2v) is 7.86. The van der Waals surface area contributed by atoms with Crippen LogP contribution in [0.25, 0.3) is 5.69 Å². The normalized spacial score (nSPS) is 13.4. The average molecular weight is 447 g/mol. The fourth-order valence-corrected chi connectivity index (χ4v) is 3.92. The number of nitrogens with zero attached hydrogens (tertiary/aromatic N) is 4. The van der Waals surface area contributed by atoms with E-state index in [4.69, 9.17) is 12.2 Å². The van der Waals surface area contributed by atoms with Gasteiger partial charge in [-0.15, -0.1) is 0 Å². The first kappa shape index (κ1) is 18.1. The lowest BCUT2D eigenvalue weighted by atomic mass is 9.95. The van der Waals surface area contributed by atoms with Gasteiger partial charge in [0, 0.05) is 22.8 Å². The molecule has 0 bridgehead atoms. The highest BCUT2D eigenvalue weighted by molar-refractivity contribution is 9.10. The summed E-state index contributed by atoms with van der Waals surface area (Å²) in [4.78, 5) is 12.9. The van der Waals surface area contributed by atoms with E-state index in [-0.39, 0.29) is 5.91 Å². The summed E-state index contributed by atoms with van der Waals surface area (Å²) < 4.78 is 5.15. The molecular formula is C18H19BrN6OS. The van der Waals surface area contributed by atoms with E-state index in [1.165, 1.54) is 0 Å². The van der Waals surface area contributed by atoms with Crippen molar-refractivity contribution >= 4 is 34.1 Å². The number of nitrogens with one attached hydrogen (secondary N) is 2. The van der Waals surface area contributed by atoms with Crippen LogP contribution in [0.4, 0.5) is 0 Å².